The molecule has 3 heteroatoms. The minimum Gasteiger partial charge on any atom is -0.379 e. The minimum atomic E-state index is 0.502. The number of nitrogens with zero attached hydrogens (tertiary/aromatic N) is 2. The van der Waals surface area contributed by atoms with Gasteiger partial charge in [0.1, 0.15) is 0 Å². The first-order valence-corrected chi connectivity index (χ1v) is 5.52. The molecule has 0 unspecified atom stereocenters. The van der Waals surface area contributed by atoms with Gasteiger partial charge in [-0.1, -0.05) is 13.8 Å². The molecule has 0 radical (unpaired) electrons. The van der Waals surface area contributed by atoms with Crippen molar-refractivity contribution in [2.24, 2.45) is 0 Å². The van der Waals surface area contributed by atoms with Crippen LogP contribution in [0.2, 0.25) is 0 Å². The standard InChI is InChI=1S/C11H22N2O/c1-3-7-13(8-4-2)9-11-14-10-5-6-12/h3-5,7-11H2,1-2H3. The first-order valence-electron chi connectivity index (χ1n) is 5.52. The van der Waals surface area contributed by atoms with E-state index in [1.807, 2.05) is 0 Å². The molecular formula is C11H22N2O. The van der Waals surface area contributed by atoms with Gasteiger partial charge in [-0.3, -0.25) is 0 Å². The van der Waals surface area contributed by atoms with Crippen LogP contribution in [0, 0.1) is 11.3 Å². The summed E-state index contributed by atoms with van der Waals surface area (Å²) in [6.45, 7) is 9.00. The Morgan fingerprint density at radius 3 is 2.21 bits per heavy atom. The average Bonchev–Trinajstić information content (AvgIpc) is 2.18. The first-order chi connectivity index (χ1) is 6.85. The van der Waals surface area contributed by atoms with Crippen LogP contribution in [0.5, 0.6) is 0 Å². The molecule has 14 heavy (non-hydrogen) atoms. The highest BCUT2D eigenvalue weighted by Gasteiger charge is 2.01. The lowest BCUT2D eigenvalue weighted by Gasteiger charge is -2.20. The zero-order valence-corrected chi connectivity index (χ0v) is 9.46. The van der Waals surface area contributed by atoms with Crippen molar-refractivity contribution in [3.8, 4) is 6.07 Å². The predicted octanol–water partition coefficient (Wildman–Crippen LogP) is 2.04. The van der Waals surface area contributed by atoms with Gasteiger partial charge in [-0.05, 0) is 25.9 Å². The van der Waals surface area contributed by atoms with E-state index in [9.17, 15) is 0 Å². The van der Waals surface area contributed by atoms with Crippen molar-refractivity contribution >= 4 is 0 Å². The van der Waals surface area contributed by atoms with Gasteiger partial charge in [0.2, 0.25) is 0 Å². The average molecular weight is 198 g/mol. The van der Waals surface area contributed by atoms with Gasteiger partial charge in [-0.25, -0.2) is 0 Å². The van der Waals surface area contributed by atoms with Gasteiger partial charge in [0, 0.05) is 6.54 Å². The fourth-order valence-corrected chi connectivity index (χ4v) is 1.38. The van der Waals surface area contributed by atoms with Gasteiger partial charge in [0.15, 0.2) is 0 Å². The first kappa shape index (κ1) is 13.4. The van der Waals surface area contributed by atoms with E-state index in [0.717, 1.165) is 26.2 Å². The SMILES string of the molecule is CCCN(CCC)CCOCCC#N. The molecule has 0 aromatic rings. The Bertz CT molecular complexity index is 148. The second kappa shape index (κ2) is 10.5. The summed E-state index contributed by atoms with van der Waals surface area (Å²) in [6, 6.07) is 2.07. The summed E-state index contributed by atoms with van der Waals surface area (Å²) in [5, 5.41) is 8.30. The molecule has 0 fully saturated rings. The predicted molar refractivity (Wildman–Crippen MR) is 58.1 cm³/mol. The molecule has 0 aromatic heterocycles. The number of ether oxygens (including phenoxy) is 1. The van der Waals surface area contributed by atoms with Crippen molar-refractivity contribution in [2.45, 2.75) is 33.1 Å². The van der Waals surface area contributed by atoms with Crippen LogP contribution in [0.15, 0.2) is 0 Å². The van der Waals surface area contributed by atoms with E-state index in [2.05, 4.69) is 24.8 Å². The van der Waals surface area contributed by atoms with Gasteiger partial charge >= 0.3 is 0 Å². The maximum absolute atomic E-state index is 8.30. The van der Waals surface area contributed by atoms with Crippen LogP contribution in [0.3, 0.4) is 0 Å². The molecule has 0 bridgehead atoms. The van der Waals surface area contributed by atoms with Crippen molar-refractivity contribution < 1.29 is 4.74 Å². The van der Waals surface area contributed by atoms with Crippen LogP contribution in [0.1, 0.15) is 33.1 Å². The second-order valence-electron chi connectivity index (χ2n) is 3.36. The Labute approximate surface area is 87.7 Å². The fraction of sp³-hybridized carbons (Fsp3) is 0.909. The lowest BCUT2D eigenvalue weighted by Crippen LogP contribution is -2.29. The molecule has 0 aromatic carbocycles. The molecule has 0 aliphatic rings. The van der Waals surface area contributed by atoms with Crippen LogP contribution < -0.4 is 0 Å². The number of rotatable bonds is 9. The van der Waals surface area contributed by atoms with E-state index in [4.69, 9.17) is 10.00 Å². The van der Waals surface area contributed by atoms with Crippen LogP contribution >= 0.6 is 0 Å². The maximum Gasteiger partial charge on any atom is 0.0645 e. The summed E-state index contributed by atoms with van der Waals surface area (Å²) in [7, 11) is 0. The van der Waals surface area contributed by atoms with Crippen molar-refractivity contribution in [3.05, 3.63) is 0 Å². The second-order valence-corrected chi connectivity index (χ2v) is 3.36. The van der Waals surface area contributed by atoms with Gasteiger partial charge < -0.3 is 9.64 Å². The Kier molecular flexibility index (Phi) is 10.0. The number of hydrogen-bond acceptors (Lipinski definition) is 3. The van der Waals surface area contributed by atoms with E-state index in [1.165, 1.54) is 12.8 Å². The summed E-state index contributed by atoms with van der Waals surface area (Å²) in [5.41, 5.74) is 0. The van der Waals surface area contributed by atoms with Crippen molar-refractivity contribution in [2.75, 3.05) is 32.8 Å². The molecular weight excluding hydrogens is 176 g/mol. The van der Waals surface area contributed by atoms with E-state index in [0.29, 0.717) is 13.0 Å². The van der Waals surface area contributed by atoms with E-state index in [1.54, 1.807) is 0 Å². The maximum atomic E-state index is 8.30. The fourth-order valence-electron chi connectivity index (χ4n) is 1.38. The van der Waals surface area contributed by atoms with E-state index in [-0.39, 0.29) is 0 Å². The summed E-state index contributed by atoms with van der Waals surface area (Å²) in [6.07, 6.45) is 2.89. The molecule has 0 aliphatic heterocycles. The van der Waals surface area contributed by atoms with Crippen molar-refractivity contribution in [1.29, 1.82) is 5.26 Å². The molecule has 0 spiro atoms. The Morgan fingerprint density at radius 1 is 1.07 bits per heavy atom. The van der Waals surface area contributed by atoms with Crippen LogP contribution in [-0.4, -0.2) is 37.7 Å². The molecule has 3 nitrogen and oxygen atoms in total. The third kappa shape index (κ3) is 8.03. The molecule has 0 heterocycles. The Morgan fingerprint density at radius 2 is 1.71 bits per heavy atom. The lowest BCUT2D eigenvalue weighted by atomic mass is 10.3. The topological polar surface area (TPSA) is 36.3 Å². The van der Waals surface area contributed by atoms with Crippen LogP contribution in [-0.2, 0) is 4.74 Å². The monoisotopic (exact) mass is 198 g/mol. The normalized spacial score (nSPS) is 10.4. The lowest BCUT2D eigenvalue weighted by molar-refractivity contribution is 0.107. The number of nitriles is 1. The molecule has 0 saturated heterocycles. The van der Waals surface area contributed by atoms with E-state index < -0.39 is 0 Å². The highest BCUT2D eigenvalue weighted by Crippen LogP contribution is 1.94. The summed E-state index contributed by atoms with van der Waals surface area (Å²) in [5.74, 6) is 0. The van der Waals surface area contributed by atoms with Gasteiger partial charge in [-0.15, -0.1) is 0 Å². The number of hydrogen-bond donors (Lipinski definition) is 0. The highest BCUT2D eigenvalue weighted by molar-refractivity contribution is 4.67. The molecule has 0 amide bonds. The third-order valence-corrected chi connectivity index (χ3v) is 1.99. The summed E-state index contributed by atoms with van der Waals surface area (Å²) < 4.78 is 5.33. The third-order valence-electron chi connectivity index (χ3n) is 1.99. The van der Waals surface area contributed by atoms with Gasteiger partial charge in [-0.2, -0.15) is 5.26 Å². The molecule has 0 saturated carbocycles. The zero-order chi connectivity index (χ0) is 10.6. The van der Waals surface area contributed by atoms with E-state index >= 15 is 0 Å². The van der Waals surface area contributed by atoms with Crippen molar-refractivity contribution in [3.63, 3.8) is 0 Å². The Balaban J connectivity index is 3.36. The van der Waals surface area contributed by atoms with Gasteiger partial charge in [0.05, 0.1) is 25.7 Å². The van der Waals surface area contributed by atoms with Crippen LogP contribution in [0.25, 0.3) is 0 Å². The molecule has 0 aliphatic carbocycles. The largest absolute Gasteiger partial charge is 0.379 e. The van der Waals surface area contributed by atoms with Gasteiger partial charge in [0.25, 0.3) is 0 Å². The minimum absolute atomic E-state index is 0.502. The highest BCUT2D eigenvalue weighted by atomic mass is 16.5. The molecule has 82 valence electrons. The summed E-state index contributed by atoms with van der Waals surface area (Å²) in [4.78, 5) is 2.41. The summed E-state index contributed by atoms with van der Waals surface area (Å²) >= 11 is 0. The van der Waals surface area contributed by atoms with Crippen molar-refractivity contribution in [1.82, 2.24) is 4.90 Å². The molecule has 0 atom stereocenters. The molecule has 0 N–H and O–H groups in total. The Hall–Kier alpha value is -0.590. The molecule has 0 rings (SSSR count). The zero-order valence-electron chi connectivity index (χ0n) is 9.46. The van der Waals surface area contributed by atoms with Crippen LogP contribution in [0.4, 0.5) is 0 Å². The quantitative estimate of drug-likeness (QED) is 0.532. The smallest absolute Gasteiger partial charge is 0.0645 e.